The highest BCUT2D eigenvalue weighted by molar-refractivity contribution is 6.33. The van der Waals surface area contributed by atoms with Gasteiger partial charge < -0.3 is 15.2 Å². The second kappa shape index (κ2) is 6.33. The van der Waals surface area contributed by atoms with Gasteiger partial charge >= 0.3 is 0 Å². The average molecular weight is 262 g/mol. The van der Waals surface area contributed by atoms with E-state index in [1.807, 2.05) is 0 Å². The highest BCUT2D eigenvalue weighted by Crippen LogP contribution is 2.24. The normalized spacial score (nSPS) is 12.2. The number of rotatable bonds is 6. The third-order valence-electron chi connectivity index (χ3n) is 1.97. The summed E-state index contributed by atoms with van der Waals surface area (Å²) in [6, 6.07) is 0.824. The monoisotopic (exact) mass is 261 g/mol. The molecule has 1 aromatic heterocycles. The van der Waals surface area contributed by atoms with E-state index in [1.54, 1.807) is 0 Å². The zero-order valence-electron chi connectivity index (χ0n) is 9.09. The first-order chi connectivity index (χ1) is 8.08. The van der Waals surface area contributed by atoms with Gasteiger partial charge in [0.2, 0.25) is 0 Å². The topological polar surface area (TPSA) is 97.5 Å². The molecule has 1 aromatic rings. The summed E-state index contributed by atoms with van der Waals surface area (Å²) in [4.78, 5) is 13.7. The van der Waals surface area contributed by atoms with Gasteiger partial charge in [-0.05, 0) is 0 Å². The van der Waals surface area contributed by atoms with Crippen LogP contribution in [0.2, 0.25) is 5.02 Å². The quantitative estimate of drug-likeness (QED) is 0.587. The standard InChI is InChI=1S/C9H12ClN3O4/c1-17-5-6(4-14)12-9-8(10)2-7(3-11-9)13(15)16/h2-3,6,14H,4-5H2,1H3,(H,11,12). The molecule has 1 rings (SSSR count). The molecule has 2 N–H and O–H groups in total. The Bertz CT molecular complexity index is 402. The van der Waals surface area contributed by atoms with Crippen LogP contribution in [-0.2, 0) is 4.74 Å². The van der Waals surface area contributed by atoms with Crippen LogP contribution in [-0.4, -0.2) is 41.4 Å². The minimum absolute atomic E-state index is 0.119. The summed E-state index contributed by atoms with van der Waals surface area (Å²) in [5.74, 6) is 0.272. The number of methoxy groups -OCH3 is 1. The van der Waals surface area contributed by atoms with E-state index in [9.17, 15) is 10.1 Å². The molecule has 0 bridgehead atoms. The molecule has 0 aliphatic rings. The zero-order valence-corrected chi connectivity index (χ0v) is 9.85. The Morgan fingerprint density at radius 3 is 2.94 bits per heavy atom. The number of anilines is 1. The molecular formula is C9H12ClN3O4. The van der Waals surface area contributed by atoms with Crippen LogP contribution in [0.15, 0.2) is 12.3 Å². The van der Waals surface area contributed by atoms with Crippen molar-refractivity contribution in [3.63, 3.8) is 0 Å². The molecule has 0 aromatic carbocycles. The van der Waals surface area contributed by atoms with E-state index in [0.717, 1.165) is 6.20 Å². The van der Waals surface area contributed by atoms with Crippen LogP contribution in [0.3, 0.4) is 0 Å². The molecule has 0 aliphatic carbocycles. The number of nitro groups is 1. The first kappa shape index (κ1) is 13.6. The van der Waals surface area contributed by atoms with E-state index in [1.165, 1.54) is 13.2 Å². The number of hydrogen-bond donors (Lipinski definition) is 2. The highest BCUT2D eigenvalue weighted by atomic mass is 35.5. The van der Waals surface area contributed by atoms with Gasteiger partial charge in [0.15, 0.2) is 0 Å². The molecule has 0 amide bonds. The summed E-state index contributed by atoms with van der Waals surface area (Å²) in [6.45, 7) is 0.105. The minimum atomic E-state index is -0.582. The maximum absolute atomic E-state index is 10.5. The highest BCUT2D eigenvalue weighted by Gasteiger charge is 2.14. The molecule has 8 heteroatoms. The van der Waals surface area contributed by atoms with Crippen molar-refractivity contribution < 1.29 is 14.8 Å². The molecule has 0 spiro atoms. The SMILES string of the molecule is COCC(CO)Nc1ncc([N+](=O)[O-])cc1Cl. The van der Waals surface area contributed by atoms with Gasteiger partial charge in [0.05, 0.1) is 29.2 Å². The number of ether oxygens (including phenoxy) is 1. The zero-order chi connectivity index (χ0) is 12.8. The van der Waals surface area contributed by atoms with E-state index >= 15 is 0 Å². The Labute approximate surface area is 103 Å². The molecule has 1 unspecified atom stereocenters. The van der Waals surface area contributed by atoms with Gasteiger partial charge in [-0.15, -0.1) is 0 Å². The fraction of sp³-hybridized carbons (Fsp3) is 0.444. The van der Waals surface area contributed by atoms with Crippen LogP contribution in [0, 0.1) is 10.1 Å². The van der Waals surface area contributed by atoms with Crippen molar-refractivity contribution in [2.75, 3.05) is 25.6 Å². The van der Waals surface area contributed by atoms with Crippen LogP contribution >= 0.6 is 11.6 Å². The smallest absolute Gasteiger partial charge is 0.289 e. The van der Waals surface area contributed by atoms with Gasteiger partial charge in [-0.25, -0.2) is 4.98 Å². The lowest BCUT2D eigenvalue weighted by atomic mass is 10.3. The molecule has 17 heavy (non-hydrogen) atoms. The summed E-state index contributed by atoms with van der Waals surface area (Å²) in [6.07, 6.45) is 1.09. The molecule has 0 saturated carbocycles. The summed E-state index contributed by atoms with van der Waals surface area (Å²) in [7, 11) is 1.50. The second-order valence-corrected chi connectivity index (χ2v) is 3.67. The van der Waals surface area contributed by atoms with Crippen LogP contribution < -0.4 is 5.32 Å². The van der Waals surface area contributed by atoms with E-state index < -0.39 is 4.92 Å². The Balaban J connectivity index is 2.81. The lowest BCUT2D eigenvalue weighted by Gasteiger charge is -2.16. The van der Waals surface area contributed by atoms with Crippen molar-refractivity contribution in [3.05, 3.63) is 27.4 Å². The fourth-order valence-corrected chi connectivity index (χ4v) is 1.38. The number of aromatic nitrogens is 1. The lowest BCUT2D eigenvalue weighted by molar-refractivity contribution is -0.385. The molecule has 0 saturated heterocycles. The Hall–Kier alpha value is -1.44. The first-order valence-corrected chi connectivity index (χ1v) is 5.12. The van der Waals surface area contributed by atoms with Crippen LogP contribution in [0.1, 0.15) is 0 Å². The number of pyridine rings is 1. The maximum Gasteiger partial charge on any atom is 0.289 e. The van der Waals surface area contributed by atoms with Gasteiger partial charge in [0.25, 0.3) is 5.69 Å². The van der Waals surface area contributed by atoms with Crippen LogP contribution in [0.5, 0.6) is 0 Å². The third-order valence-corrected chi connectivity index (χ3v) is 2.25. The Morgan fingerprint density at radius 1 is 1.76 bits per heavy atom. The van der Waals surface area contributed by atoms with Crippen molar-refractivity contribution in [2.45, 2.75) is 6.04 Å². The lowest BCUT2D eigenvalue weighted by Crippen LogP contribution is -2.29. The van der Waals surface area contributed by atoms with Gasteiger partial charge in [0.1, 0.15) is 12.0 Å². The number of aliphatic hydroxyl groups excluding tert-OH is 1. The summed E-state index contributed by atoms with van der Waals surface area (Å²) < 4.78 is 4.87. The van der Waals surface area contributed by atoms with Gasteiger partial charge in [-0.1, -0.05) is 11.6 Å². The largest absolute Gasteiger partial charge is 0.394 e. The number of hydrogen-bond acceptors (Lipinski definition) is 6. The second-order valence-electron chi connectivity index (χ2n) is 3.26. The maximum atomic E-state index is 10.5. The predicted octanol–water partition coefficient (Wildman–Crippen LogP) is 1.06. The van der Waals surface area contributed by atoms with Crippen molar-refractivity contribution in [1.29, 1.82) is 0 Å². The Morgan fingerprint density at radius 2 is 2.47 bits per heavy atom. The van der Waals surface area contributed by atoms with E-state index in [2.05, 4.69) is 10.3 Å². The molecule has 1 heterocycles. The van der Waals surface area contributed by atoms with Crippen molar-refractivity contribution in [3.8, 4) is 0 Å². The van der Waals surface area contributed by atoms with Gasteiger partial charge in [-0.2, -0.15) is 0 Å². The van der Waals surface area contributed by atoms with Crippen molar-refractivity contribution >= 4 is 23.1 Å². The minimum Gasteiger partial charge on any atom is -0.394 e. The van der Waals surface area contributed by atoms with E-state index in [4.69, 9.17) is 21.4 Å². The molecule has 1 atom stereocenters. The number of nitrogens with zero attached hydrogens (tertiary/aromatic N) is 2. The predicted molar refractivity (Wildman–Crippen MR) is 62.3 cm³/mol. The number of halogens is 1. The van der Waals surface area contributed by atoms with Crippen molar-refractivity contribution in [1.82, 2.24) is 4.98 Å². The molecule has 94 valence electrons. The molecular weight excluding hydrogens is 250 g/mol. The number of aliphatic hydroxyl groups is 1. The van der Waals surface area contributed by atoms with Crippen LogP contribution in [0.25, 0.3) is 0 Å². The third kappa shape index (κ3) is 3.81. The van der Waals surface area contributed by atoms with Gasteiger partial charge in [-0.3, -0.25) is 10.1 Å². The molecule has 7 nitrogen and oxygen atoms in total. The first-order valence-electron chi connectivity index (χ1n) is 4.74. The average Bonchev–Trinajstić information content (AvgIpc) is 2.30. The summed E-state index contributed by atoms with van der Waals surface area (Å²) in [5.41, 5.74) is -0.187. The molecule has 0 aliphatic heterocycles. The number of nitrogens with one attached hydrogen (secondary N) is 1. The van der Waals surface area contributed by atoms with Crippen molar-refractivity contribution in [2.24, 2.45) is 0 Å². The van der Waals surface area contributed by atoms with E-state index in [0.29, 0.717) is 0 Å². The van der Waals surface area contributed by atoms with E-state index in [-0.39, 0.29) is 35.8 Å². The fourth-order valence-electron chi connectivity index (χ4n) is 1.17. The molecule has 0 fully saturated rings. The summed E-state index contributed by atoms with van der Waals surface area (Å²) >= 11 is 5.82. The van der Waals surface area contributed by atoms with Crippen LogP contribution in [0.4, 0.5) is 11.5 Å². The Kier molecular flexibility index (Phi) is 5.08. The molecule has 0 radical (unpaired) electrons. The summed E-state index contributed by atoms with van der Waals surface area (Å²) in [5, 5.41) is 22.4. The van der Waals surface area contributed by atoms with Gasteiger partial charge in [0, 0.05) is 13.2 Å².